The average molecular weight is 385 g/mol. The van der Waals surface area contributed by atoms with E-state index < -0.39 is 40.5 Å². The van der Waals surface area contributed by atoms with Crippen LogP contribution in [0.1, 0.15) is 10.4 Å². The van der Waals surface area contributed by atoms with Gasteiger partial charge in [-0.25, -0.2) is 23.4 Å². The number of amides is 4. The number of hydrogen-bond donors (Lipinski definition) is 0. The minimum absolute atomic E-state index is 0.120. The molecule has 0 N–H and O–H groups in total. The highest BCUT2D eigenvalue weighted by Crippen LogP contribution is 2.30. The van der Waals surface area contributed by atoms with Gasteiger partial charge in [-0.2, -0.15) is 0 Å². The Hall–Kier alpha value is -2.51. The normalized spacial score (nSPS) is 17.4. The summed E-state index contributed by atoms with van der Waals surface area (Å²) < 4.78 is 27.6. The molecule has 4 amide bonds. The maximum absolute atomic E-state index is 13.8. The minimum Gasteiger partial charge on any atom is -0.270 e. The first-order valence-corrected chi connectivity index (χ1v) is 7.69. The fraction of sp³-hybridized carbons (Fsp3) is 0.0625. The van der Waals surface area contributed by atoms with Crippen LogP contribution in [0.2, 0.25) is 5.02 Å². The third-order valence-corrected chi connectivity index (χ3v) is 4.16. The highest BCUT2D eigenvalue weighted by molar-refractivity contribution is 6.42. The number of rotatable bonds is 2. The van der Waals surface area contributed by atoms with Crippen molar-refractivity contribution < 1.29 is 23.2 Å². The van der Waals surface area contributed by atoms with Gasteiger partial charge in [-0.3, -0.25) is 9.59 Å². The van der Waals surface area contributed by atoms with Crippen molar-refractivity contribution in [3.8, 4) is 0 Å². The van der Waals surface area contributed by atoms with Gasteiger partial charge >= 0.3 is 6.03 Å². The molecule has 0 aliphatic carbocycles. The molecule has 2 aromatic rings. The Bertz CT molecular complexity index is 869. The highest BCUT2D eigenvalue weighted by atomic mass is 35.5. The molecule has 1 saturated heterocycles. The number of anilines is 1. The smallest absolute Gasteiger partial charge is 0.270 e. The van der Waals surface area contributed by atoms with Crippen LogP contribution in [0.4, 0.5) is 19.3 Å². The molecular formula is C16H8Cl2F2N2O3. The van der Waals surface area contributed by atoms with Gasteiger partial charge in [-0.15, -0.1) is 0 Å². The van der Waals surface area contributed by atoms with E-state index in [-0.39, 0.29) is 5.69 Å². The zero-order valence-electron chi connectivity index (χ0n) is 12.2. The molecule has 0 saturated carbocycles. The summed E-state index contributed by atoms with van der Waals surface area (Å²) in [5, 5.41) is 0.367. The summed E-state index contributed by atoms with van der Waals surface area (Å²) in [7, 11) is 0. The van der Waals surface area contributed by atoms with Gasteiger partial charge in [0.2, 0.25) is 0 Å². The van der Waals surface area contributed by atoms with Crippen molar-refractivity contribution in [2.75, 3.05) is 4.90 Å². The molecule has 1 fully saturated rings. The molecule has 1 aliphatic heterocycles. The summed E-state index contributed by atoms with van der Waals surface area (Å²) in [4.78, 5) is 38.1. The molecule has 3 rings (SSSR count). The molecule has 25 heavy (non-hydrogen) atoms. The maximum atomic E-state index is 13.8. The van der Waals surface area contributed by atoms with Crippen LogP contribution >= 0.6 is 23.2 Å². The molecule has 0 bridgehead atoms. The topological polar surface area (TPSA) is 57.7 Å². The third kappa shape index (κ3) is 2.85. The number of carbonyl (C=O) groups is 3. The van der Waals surface area contributed by atoms with Crippen molar-refractivity contribution in [1.82, 2.24) is 4.90 Å². The number of halogens is 4. The van der Waals surface area contributed by atoms with Gasteiger partial charge < -0.3 is 0 Å². The Kier molecular flexibility index (Phi) is 4.45. The lowest BCUT2D eigenvalue weighted by molar-refractivity contribution is -0.117. The summed E-state index contributed by atoms with van der Waals surface area (Å²) in [5.41, 5.74) is -2.57. The first kappa shape index (κ1) is 17.3. The average Bonchev–Trinajstić information content (AvgIpc) is 2.78. The molecule has 1 atom stereocenters. The van der Waals surface area contributed by atoms with Gasteiger partial charge in [0, 0.05) is 5.02 Å². The molecular weight excluding hydrogens is 377 g/mol. The summed E-state index contributed by atoms with van der Waals surface area (Å²) >= 11 is 11.6. The maximum Gasteiger partial charge on any atom is 0.340 e. The van der Waals surface area contributed by atoms with Crippen LogP contribution in [0.25, 0.3) is 0 Å². The first-order chi connectivity index (χ1) is 11.8. The van der Waals surface area contributed by atoms with Crippen molar-refractivity contribution in [1.29, 1.82) is 0 Å². The predicted molar refractivity (Wildman–Crippen MR) is 86.5 cm³/mol. The molecule has 5 nitrogen and oxygen atoms in total. The standard InChI is InChI=1S/C16H8Cl2F2N2O3/c17-8-4-6-9(7-5-8)21-15(24)13(18)22(16(21)25)14(23)12-10(19)2-1-3-11(12)20/h1-7,13H. The number of hydrogen-bond acceptors (Lipinski definition) is 3. The van der Waals surface area contributed by atoms with Crippen LogP contribution in [0.15, 0.2) is 42.5 Å². The zero-order valence-corrected chi connectivity index (χ0v) is 13.8. The van der Waals surface area contributed by atoms with E-state index in [0.717, 1.165) is 18.2 Å². The lowest BCUT2D eigenvalue weighted by atomic mass is 10.1. The lowest BCUT2D eigenvalue weighted by Gasteiger charge is -2.17. The van der Waals surface area contributed by atoms with Crippen molar-refractivity contribution in [3.63, 3.8) is 0 Å². The second kappa shape index (κ2) is 6.42. The van der Waals surface area contributed by atoms with Crippen molar-refractivity contribution in [2.24, 2.45) is 0 Å². The Labute approximate surface area is 150 Å². The third-order valence-electron chi connectivity index (χ3n) is 3.53. The molecule has 0 spiro atoms. The second-order valence-corrected chi connectivity index (χ2v) is 5.89. The molecule has 128 valence electrons. The van der Waals surface area contributed by atoms with Crippen LogP contribution in [0.3, 0.4) is 0 Å². The van der Waals surface area contributed by atoms with Crippen LogP contribution < -0.4 is 4.90 Å². The summed E-state index contributed by atoms with van der Waals surface area (Å²) in [6.07, 6.45) is 0. The number of nitrogens with zero attached hydrogens (tertiary/aromatic N) is 2. The van der Waals surface area contributed by atoms with E-state index in [1.165, 1.54) is 24.3 Å². The molecule has 2 aromatic carbocycles. The van der Waals surface area contributed by atoms with Gasteiger partial charge in [0.15, 0.2) is 5.50 Å². The molecule has 0 aromatic heterocycles. The Morgan fingerprint density at radius 1 is 1.00 bits per heavy atom. The highest BCUT2D eigenvalue weighted by Gasteiger charge is 2.49. The SMILES string of the molecule is O=C1C(Cl)N(C(=O)c2c(F)cccc2F)C(=O)N1c1ccc(Cl)cc1. The molecule has 0 radical (unpaired) electrons. The monoisotopic (exact) mass is 384 g/mol. The van der Waals surface area contributed by atoms with Crippen molar-refractivity contribution >= 4 is 46.7 Å². The van der Waals surface area contributed by atoms with E-state index >= 15 is 0 Å². The van der Waals surface area contributed by atoms with Crippen LogP contribution in [0.5, 0.6) is 0 Å². The summed E-state index contributed by atoms with van der Waals surface area (Å²) in [5.74, 6) is -4.59. The Balaban J connectivity index is 2.01. The number of urea groups is 1. The number of benzene rings is 2. The van der Waals surface area contributed by atoms with E-state index in [1.54, 1.807) is 0 Å². The van der Waals surface area contributed by atoms with Gasteiger partial charge in [-0.1, -0.05) is 29.3 Å². The van der Waals surface area contributed by atoms with Crippen LogP contribution in [-0.4, -0.2) is 28.2 Å². The van der Waals surface area contributed by atoms with E-state index in [1.807, 2.05) is 0 Å². The fourth-order valence-electron chi connectivity index (χ4n) is 2.36. The van der Waals surface area contributed by atoms with E-state index in [2.05, 4.69) is 0 Å². The van der Waals surface area contributed by atoms with Crippen LogP contribution in [-0.2, 0) is 4.79 Å². The zero-order chi connectivity index (χ0) is 18.3. The second-order valence-electron chi connectivity index (χ2n) is 5.04. The van der Waals surface area contributed by atoms with Crippen molar-refractivity contribution in [2.45, 2.75) is 5.50 Å². The van der Waals surface area contributed by atoms with E-state index in [0.29, 0.717) is 14.8 Å². The molecule has 1 heterocycles. The van der Waals surface area contributed by atoms with Gasteiger partial charge in [0.25, 0.3) is 11.8 Å². The van der Waals surface area contributed by atoms with Crippen LogP contribution in [0, 0.1) is 11.6 Å². The Morgan fingerprint density at radius 3 is 2.12 bits per heavy atom. The number of alkyl halides is 1. The summed E-state index contributed by atoms with van der Waals surface area (Å²) in [6, 6.07) is 7.29. The van der Waals surface area contributed by atoms with E-state index in [4.69, 9.17) is 23.2 Å². The fourth-order valence-corrected chi connectivity index (χ4v) is 2.75. The Morgan fingerprint density at radius 2 is 1.56 bits per heavy atom. The van der Waals surface area contributed by atoms with Gasteiger partial charge in [0.05, 0.1) is 5.69 Å². The quantitative estimate of drug-likeness (QED) is 0.449. The van der Waals surface area contributed by atoms with Gasteiger partial charge in [-0.05, 0) is 36.4 Å². The van der Waals surface area contributed by atoms with Crippen molar-refractivity contribution in [3.05, 3.63) is 64.7 Å². The molecule has 9 heteroatoms. The lowest BCUT2D eigenvalue weighted by Crippen LogP contribution is -2.39. The number of imide groups is 2. The predicted octanol–water partition coefficient (Wildman–Crippen LogP) is 3.79. The minimum atomic E-state index is -1.73. The molecule has 1 unspecified atom stereocenters. The number of carbonyl (C=O) groups excluding carboxylic acids is 3. The van der Waals surface area contributed by atoms with E-state index in [9.17, 15) is 23.2 Å². The summed E-state index contributed by atoms with van der Waals surface area (Å²) in [6.45, 7) is 0. The first-order valence-electron chi connectivity index (χ1n) is 6.88. The molecule has 1 aliphatic rings. The van der Waals surface area contributed by atoms with Gasteiger partial charge in [0.1, 0.15) is 17.2 Å². The largest absolute Gasteiger partial charge is 0.340 e.